The van der Waals surface area contributed by atoms with Crippen LogP contribution in [0, 0.1) is 0 Å². The summed E-state index contributed by atoms with van der Waals surface area (Å²) in [6.45, 7) is 2.54. The van der Waals surface area contributed by atoms with Gasteiger partial charge < -0.3 is 14.8 Å². The number of H-pyrrole nitrogens is 1. The number of carbonyl (C=O) groups excluding carboxylic acids is 2. The van der Waals surface area contributed by atoms with Gasteiger partial charge in [0, 0.05) is 26.1 Å². The number of rotatable bonds is 6. The predicted molar refractivity (Wildman–Crippen MR) is 100 cm³/mol. The lowest BCUT2D eigenvalue weighted by Crippen LogP contribution is -2.32. The molecule has 0 spiro atoms. The number of fused-ring (bicyclic) bond motifs is 1. The van der Waals surface area contributed by atoms with Gasteiger partial charge in [-0.3, -0.25) is 14.7 Å². The van der Waals surface area contributed by atoms with E-state index in [0.29, 0.717) is 25.2 Å². The lowest BCUT2D eigenvalue weighted by molar-refractivity contribution is -0.129. The number of imidazole rings is 1. The molecule has 8 heteroatoms. The minimum absolute atomic E-state index is 0.0995. The molecule has 4 rings (SSSR count). The van der Waals surface area contributed by atoms with Crippen LogP contribution in [0.15, 0.2) is 36.7 Å². The fraction of sp³-hybridized carbons (Fsp3) is 0.368. The van der Waals surface area contributed by atoms with Gasteiger partial charge in [-0.25, -0.2) is 4.98 Å². The molecule has 0 unspecified atom stereocenters. The van der Waals surface area contributed by atoms with E-state index < -0.39 is 0 Å². The van der Waals surface area contributed by atoms with Gasteiger partial charge in [-0.15, -0.1) is 0 Å². The topological polar surface area (TPSA) is 95.9 Å². The quantitative estimate of drug-likeness (QED) is 0.692. The van der Waals surface area contributed by atoms with Crippen molar-refractivity contribution in [2.24, 2.45) is 0 Å². The Bertz CT molecular complexity index is 954. The highest BCUT2D eigenvalue weighted by Crippen LogP contribution is 2.13. The maximum Gasteiger partial charge on any atom is 0.271 e. The number of benzene rings is 1. The van der Waals surface area contributed by atoms with Gasteiger partial charge >= 0.3 is 0 Å². The van der Waals surface area contributed by atoms with Crippen molar-refractivity contribution in [2.75, 3.05) is 19.6 Å². The van der Waals surface area contributed by atoms with Gasteiger partial charge in [0.2, 0.25) is 5.91 Å². The van der Waals surface area contributed by atoms with E-state index in [1.807, 2.05) is 33.7 Å². The lowest BCUT2D eigenvalue weighted by Gasteiger charge is -2.14. The Morgan fingerprint density at radius 1 is 1.19 bits per heavy atom. The Balaban J connectivity index is 1.32. The van der Waals surface area contributed by atoms with Crippen LogP contribution in [0.4, 0.5) is 0 Å². The number of likely N-dealkylation sites (tertiary alicyclic amines) is 1. The molecule has 0 saturated carbocycles. The minimum atomic E-state index is -0.276. The highest BCUT2D eigenvalue weighted by molar-refractivity contribution is 5.92. The normalized spacial score (nSPS) is 14.0. The molecule has 2 amide bonds. The van der Waals surface area contributed by atoms with Crippen LogP contribution in [0.25, 0.3) is 11.0 Å². The molecule has 0 bridgehead atoms. The van der Waals surface area contributed by atoms with Crippen LogP contribution in [0.5, 0.6) is 0 Å². The zero-order valence-electron chi connectivity index (χ0n) is 15.0. The summed E-state index contributed by atoms with van der Waals surface area (Å²) in [7, 11) is 0. The number of hydrogen-bond acceptors (Lipinski definition) is 4. The molecule has 1 saturated heterocycles. The summed E-state index contributed by atoms with van der Waals surface area (Å²) in [5.41, 5.74) is 3.09. The maximum atomic E-state index is 12.2. The van der Waals surface area contributed by atoms with E-state index in [9.17, 15) is 9.59 Å². The number of para-hydroxylation sites is 2. The van der Waals surface area contributed by atoms with Gasteiger partial charge in [0.05, 0.1) is 29.6 Å². The molecule has 2 N–H and O–H groups in total. The molecule has 3 aromatic rings. The van der Waals surface area contributed by atoms with Crippen LogP contribution >= 0.6 is 0 Å². The summed E-state index contributed by atoms with van der Waals surface area (Å²) in [5, 5.41) is 9.75. The monoisotopic (exact) mass is 366 g/mol. The van der Waals surface area contributed by atoms with Crippen molar-refractivity contribution >= 4 is 22.8 Å². The van der Waals surface area contributed by atoms with Crippen LogP contribution < -0.4 is 5.32 Å². The van der Waals surface area contributed by atoms with Crippen molar-refractivity contribution in [1.29, 1.82) is 0 Å². The van der Waals surface area contributed by atoms with Crippen molar-refractivity contribution in [3.8, 4) is 0 Å². The molecule has 1 aliphatic rings. The molecule has 27 heavy (non-hydrogen) atoms. The van der Waals surface area contributed by atoms with Gasteiger partial charge in [0.15, 0.2) is 0 Å². The first-order valence-corrected chi connectivity index (χ1v) is 9.21. The summed E-state index contributed by atoms with van der Waals surface area (Å²) in [6, 6.07) is 9.61. The summed E-state index contributed by atoms with van der Waals surface area (Å²) in [5.74, 6) is -0.176. The van der Waals surface area contributed by atoms with Crippen LogP contribution in [-0.2, 0) is 11.3 Å². The third kappa shape index (κ3) is 3.84. The molecule has 0 aliphatic carbocycles. The molecular formula is C19H22N6O2. The third-order valence-corrected chi connectivity index (χ3v) is 4.81. The maximum absolute atomic E-state index is 12.2. The molecule has 0 atom stereocenters. The number of nitrogens with one attached hydrogen (secondary N) is 2. The van der Waals surface area contributed by atoms with Gasteiger partial charge in [-0.1, -0.05) is 12.1 Å². The second-order valence-corrected chi connectivity index (χ2v) is 6.73. The van der Waals surface area contributed by atoms with Crippen LogP contribution in [0.3, 0.4) is 0 Å². The first-order valence-electron chi connectivity index (χ1n) is 9.21. The molecule has 0 radical (unpaired) electrons. The fourth-order valence-electron chi connectivity index (χ4n) is 3.38. The first kappa shape index (κ1) is 17.3. The van der Waals surface area contributed by atoms with E-state index in [1.165, 1.54) is 0 Å². The number of nitrogens with zero attached hydrogens (tertiary/aromatic N) is 4. The molecular weight excluding hydrogens is 344 g/mol. The van der Waals surface area contributed by atoms with Crippen LogP contribution in [-0.4, -0.2) is 56.1 Å². The zero-order valence-corrected chi connectivity index (χ0v) is 15.0. The Hall–Kier alpha value is -3.16. The zero-order chi connectivity index (χ0) is 18.6. The summed E-state index contributed by atoms with van der Waals surface area (Å²) in [6.07, 6.45) is 4.24. The van der Waals surface area contributed by atoms with Crippen molar-refractivity contribution in [3.05, 3.63) is 48.0 Å². The van der Waals surface area contributed by atoms with E-state index >= 15 is 0 Å². The van der Waals surface area contributed by atoms with Gasteiger partial charge in [0.25, 0.3) is 5.91 Å². The molecule has 2 aromatic heterocycles. The standard InChI is InChI=1S/C19H22N6O2/c26-18(24-9-3-4-10-24)7-8-20-19(27)16-11-14(22-23-16)12-25-13-21-15-5-1-2-6-17(15)25/h1-2,5-6,11,13H,3-4,7-10,12H2,(H,20,27)(H,22,23). The van der Waals surface area contributed by atoms with Crippen LogP contribution in [0.2, 0.25) is 0 Å². The minimum Gasteiger partial charge on any atom is -0.350 e. The second-order valence-electron chi connectivity index (χ2n) is 6.73. The molecule has 8 nitrogen and oxygen atoms in total. The Morgan fingerprint density at radius 3 is 2.85 bits per heavy atom. The first-order chi connectivity index (χ1) is 13.2. The third-order valence-electron chi connectivity index (χ3n) is 4.81. The number of aromatic amines is 1. The molecule has 1 aliphatic heterocycles. The van der Waals surface area contributed by atoms with Crippen LogP contribution in [0.1, 0.15) is 35.4 Å². The van der Waals surface area contributed by atoms with E-state index in [1.54, 1.807) is 12.4 Å². The average molecular weight is 366 g/mol. The second kappa shape index (κ2) is 7.61. The number of amides is 2. The number of hydrogen-bond donors (Lipinski definition) is 2. The number of carbonyl (C=O) groups is 2. The Labute approximate surface area is 156 Å². The Morgan fingerprint density at radius 2 is 2.00 bits per heavy atom. The van der Waals surface area contributed by atoms with Crippen molar-refractivity contribution in [1.82, 2.24) is 30.0 Å². The average Bonchev–Trinajstić information content (AvgIpc) is 3.43. The van der Waals surface area contributed by atoms with E-state index in [4.69, 9.17) is 0 Å². The summed E-state index contributed by atoms with van der Waals surface area (Å²) < 4.78 is 2.00. The Kier molecular flexibility index (Phi) is 4.86. The van der Waals surface area contributed by atoms with Crippen molar-refractivity contribution in [2.45, 2.75) is 25.8 Å². The SMILES string of the molecule is O=C(NCCC(=O)N1CCCC1)c1cc(Cn2cnc3ccccc32)[nH]n1. The fourth-order valence-corrected chi connectivity index (χ4v) is 3.38. The summed E-state index contributed by atoms with van der Waals surface area (Å²) in [4.78, 5) is 30.4. The van der Waals surface area contributed by atoms with Crippen molar-refractivity contribution < 1.29 is 9.59 Å². The molecule has 3 heterocycles. The highest BCUT2D eigenvalue weighted by Gasteiger charge is 2.18. The van der Waals surface area contributed by atoms with E-state index in [0.717, 1.165) is 42.7 Å². The van der Waals surface area contributed by atoms with Crippen molar-refractivity contribution in [3.63, 3.8) is 0 Å². The van der Waals surface area contributed by atoms with Gasteiger partial charge in [-0.2, -0.15) is 5.10 Å². The van der Waals surface area contributed by atoms with E-state index in [2.05, 4.69) is 20.5 Å². The smallest absolute Gasteiger partial charge is 0.271 e. The van der Waals surface area contributed by atoms with Gasteiger partial charge in [0.1, 0.15) is 5.69 Å². The largest absolute Gasteiger partial charge is 0.350 e. The lowest BCUT2D eigenvalue weighted by atomic mass is 10.3. The highest BCUT2D eigenvalue weighted by atomic mass is 16.2. The molecule has 1 fully saturated rings. The van der Waals surface area contributed by atoms with Gasteiger partial charge in [-0.05, 0) is 31.0 Å². The molecule has 1 aromatic carbocycles. The summed E-state index contributed by atoms with van der Waals surface area (Å²) >= 11 is 0. The van der Waals surface area contributed by atoms with E-state index in [-0.39, 0.29) is 11.8 Å². The molecule has 140 valence electrons. The predicted octanol–water partition coefficient (Wildman–Crippen LogP) is 1.55. The number of aromatic nitrogens is 4.